The van der Waals surface area contributed by atoms with Crippen LogP contribution in [-0.4, -0.2) is 25.0 Å². The molecule has 1 aromatic rings. The van der Waals surface area contributed by atoms with Gasteiger partial charge in [0.1, 0.15) is 6.04 Å². The van der Waals surface area contributed by atoms with E-state index in [1.165, 1.54) is 11.1 Å². The van der Waals surface area contributed by atoms with E-state index in [0.717, 1.165) is 0 Å². The van der Waals surface area contributed by atoms with Crippen LogP contribution in [0.3, 0.4) is 0 Å². The molecule has 0 aromatic heterocycles. The van der Waals surface area contributed by atoms with E-state index in [9.17, 15) is 0 Å². The molecule has 1 rings (SSSR count). The lowest BCUT2D eigenvalue weighted by Gasteiger charge is -2.24. The molecule has 0 saturated carbocycles. The first-order valence-electron chi connectivity index (χ1n) is 5.19. The molecule has 0 radical (unpaired) electrons. The van der Waals surface area contributed by atoms with Gasteiger partial charge in [-0.05, 0) is 26.6 Å². The quantitative estimate of drug-likeness (QED) is 0.753. The van der Waals surface area contributed by atoms with Gasteiger partial charge in [0.05, 0.1) is 6.07 Å². The lowest BCUT2D eigenvalue weighted by Crippen LogP contribution is -2.31. The zero-order valence-corrected chi connectivity index (χ0v) is 9.86. The predicted molar refractivity (Wildman–Crippen MR) is 62.7 cm³/mol. The molecular formula is C13H18N2. The van der Waals surface area contributed by atoms with Crippen molar-refractivity contribution >= 4 is 0 Å². The van der Waals surface area contributed by atoms with Gasteiger partial charge in [-0.1, -0.05) is 36.8 Å². The Kier molecular flexibility index (Phi) is 3.88. The van der Waals surface area contributed by atoms with E-state index < -0.39 is 0 Å². The molecule has 0 aliphatic carbocycles. The van der Waals surface area contributed by atoms with Crippen molar-refractivity contribution in [1.29, 1.82) is 5.26 Å². The Morgan fingerprint density at radius 1 is 1.20 bits per heavy atom. The Hall–Kier alpha value is -1.33. The molecule has 2 nitrogen and oxygen atoms in total. The van der Waals surface area contributed by atoms with E-state index >= 15 is 0 Å². The fourth-order valence-corrected chi connectivity index (χ4v) is 1.73. The van der Waals surface area contributed by atoms with E-state index in [1.54, 1.807) is 0 Å². The van der Waals surface area contributed by atoms with Crippen molar-refractivity contribution in [1.82, 2.24) is 4.90 Å². The zero-order chi connectivity index (χ0) is 11.4. The summed E-state index contributed by atoms with van der Waals surface area (Å²) in [6.45, 7) is 4.17. The van der Waals surface area contributed by atoms with Crippen LogP contribution in [0.4, 0.5) is 0 Å². The first kappa shape index (κ1) is 11.7. The molecule has 1 aromatic carbocycles. The maximum atomic E-state index is 9.09. The molecule has 0 heterocycles. The van der Waals surface area contributed by atoms with Crippen LogP contribution < -0.4 is 0 Å². The summed E-state index contributed by atoms with van der Waals surface area (Å²) in [7, 11) is 3.89. The topological polar surface area (TPSA) is 27.0 Å². The number of likely N-dealkylation sites (N-methyl/N-ethyl adjacent to an activating group) is 1. The van der Waals surface area contributed by atoms with Crippen LogP contribution in [0.15, 0.2) is 24.3 Å². The van der Waals surface area contributed by atoms with Gasteiger partial charge in [-0.15, -0.1) is 0 Å². The van der Waals surface area contributed by atoms with Crippen molar-refractivity contribution in [3.8, 4) is 6.07 Å². The van der Waals surface area contributed by atoms with Crippen molar-refractivity contribution in [3.63, 3.8) is 0 Å². The Morgan fingerprint density at radius 3 is 2.13 bits per heavy atom. The highest BCUT2D eigenvalue weighted by Gasteiger charge is 2.20. The van der Waals surface area contributed by atoms with Crippen LogP contribution in [0.25, 0.3) is 0 Å². The zero-order valence-electron chi connectivity index (χ0n) is 9.86. The molecule has 2 heteroatoms. The van der Waals surface area contributed by atoms with Crippen molar-refractivity contribution in [2.75, 3.05) is 14.1 Å². The number of rotatable bonds is 3. The van der Waals surface area contributed by atoms with Gasteiger partial charge in [0.15, 0.2) is 0 Å². The molecule has 2 unspecified atom stereocenters. The Labute approximate surface area is 92.1 Å². The molecule has 0 aliphatic rings. The van der Waals surface area contributed by atoms with Crippen LogP contribution in [-0.2, 0) is 0 Å². The van der Waals surface area contributed by atoms with Gasteiger partial charge >= 0.3 is 0 Å². The molecule has 2 atom stereocenters. The summed E-state index contributed by atoms with van der Waals surface area (Å²) >= 11 is 0. The fourth-order valence-electron chi connectivity index (χ4n) is 1.73. The Morgan fingerprint density at radius 2 is 1.73 bits per heavy atom. The molecule has 0 N–H and O–H groups in total. The highest BCUT2D eigenvalue weighted by Crippen LogP contribution is 2.21. The first-order chi connectivity index (χ1) is 7.06. The second kappa shape index (κ2) is 4.95. The van der Waals surface area contributed by atoms with E-state index in [0.29, 0.717) is 0 Å². The lowest BCUT2D eigenvalue weighted by molar-refractivity contribution is 0.316. The van der Waals surface area contributed by atoms with Gasteiger partial charge < -0.3 is 0 Å². The molecule has 80 valence electrons. The minimum absolute atomic E-state index is 0.0623. The van der Waals surface area contributed by atoms with Crippen molar-refractivity contribution in [2.45, 2.75) is 25.8 Å². The smallest absolute Gasteiger partial charge is 0.104 e. The van der Waals surface area contributed by atoms with Gasteiger partial charge in [0, 0.05) is 5.92 Å². The largest absolute Gasteiger partial charge is 0.294 e. The summed E-state index contributed by atoms with van der Waals surface area (Å²) in [5.74, 6) is 0.241. The number of hydrogen-bond acceptors (Lipinski definition) is 2. The maximum absolute atomic E-state index is 9.09. The van der Waals surface area contributed by atoms with Crippen LogP contribution >= 0.6 is 0 Å². The number of hydrogen-bond donors (Lipinski definition) is 0. The van der Waals surface area contributed by atoms with E-state index in [4.69, 9.17) is 5.26 Å². The van der Waals surface area contributed by atoms with E-state index in [-0.39, 0.29) is 12.0 Å². The summed E-state index contributed by atoms with van der Waals surface area (Å²) in [6, 6.07) is 10.7. The number of nitrogens with zero attached hydrogens (tertiary/aromatic N) is 2. The fraction of sp³-hybridized carbons (Fsp3) is 0.462. The minimum Gasteiger partial charge on any atom is -0.294 e. The van der Waals surface area contributed by atoms with Gasteiger partial charge in [-0.25, -0.2) is 0 Å². The summed E-state index contributed by atoms with van der Waals surface area (Å²) < 4.78 is 0. The highest BCUT2D eigenvalue weighted by atomic mass is 15.1. The van der Waals surface area contributed by atoms with Crippen LogP contribution in [0.1, 0.15) is 24.0 Å². The number of benzene rings is 1. The average Bonchev–Trinajstić information content (AvgIpc) is 2.19. The Balaban J connectivity index is 2.89. The SMILES string of the molecule is Cc1ccc(C(C)C(C#N)N(C)C)cc1. The predicted octanol–water partition coefficient (Wildman–Crippen LogP) is 2.55. The van der Waals surface area contributed by atoms with Gasteiger partial charge in [0.2, 0.25) is 0 Å². The molecular weight excluding hydrogens is 184 g/mol. The van der Waals surface area contributed by atoms with Gasteiger partial charge in [-0.3, -0.25) is 4.90 Å². The summed E-state index contributed by atoms with van der Waals surface area (Å²) in [4.78, 5) is 1.96. The Bertz CT molecular complexity index is 346. The third-order valence-electron chi connectivity index (χ3n) is 2.77. The molecule has 0 bridgehead atoms. The molecule has 0 aliphatic heterocycles. The van der Waals surface area contributed by atoms with Crippen LogP contribution in [0, 0.1) is 18.3 Å². The molecule has 0 amide bonds. The standard InChI is InChI=1S/C13H18N2/c1-10-5-7-12(8-6-10)11(2)13(9-14)15(3)4/h5-8,11,13H,1-4H3. The van der Waals surface area contributed by atoms with Crippen LogP contribution in [0.5, 0.6) is 0 Å². The van der Waals surface area contributed by atoms with Gasteiger partial charge in [0.25, 0.3) is 0 Å². The van der Waals surface area contributed by atoms with Gasteiger partial charge in [-0.2, -0.15) is 5.26 Å². The lowest BCUT2D eigenvalue weighted by atomic mass is 9.93. The first-order valence-corrected chi connectivity index (χ1v) is 5.19. The molecule has 0 spiro atoms. The minimum atomic E-state index is -0.0623. The highest BCUT2D eigenvalue weighted by molar-refractivity contribution is 5.26. The third kappa shape index (κ3) is 2.81. The van der Waals surface area contributed by atoms with Crippen molar-refractivity contribution < 1.29 is 0 Å². The molecule has 15 heavy (non-hydrogen) atoms. The number of aryl methyl sites for hydroxylation is 1. The summed E-state index contributed by atoms with van der Waals surface area (Å²) in [5.41, 5.74) is 2.48. The third-order valence-corrected chi connectivity index (χ3v) is 2.77. The van der Waals surface area contributed by atoms with E-state index in [1.807, 2.05) is 19.0 Å². The number of nitriles is 1. The van der Waals surface area contributed by atoms with Crippen LogP contribution in [0.2, 0.25) is 0 Å². The van der Waals surface area contributed by atoms with E-state index in [2.05, 4.69) is 44.2 Å². The average molecular weight is 202 g/mol. The summed E-state index contributed by atoms with van der Waals surface area (Å²) in [6.07, 6.45) is 0. The molecule has 0 fully saturated rings. The van der Waals surface area contributed by atoms with Crippen molar-refractivity contribution in [2.24, 2.45) is 0 Å². The second-order valence-electron chi connectivity index (χ2n) is 4.24. The maximum Gasteiger partial charge on any atom is 0.104 e. The monoisotopic (exact) mass is 202 g/mol. The summed E-state index contributed by atoms with van der Waals surface area (Å²) in [5, 5.41) is 9.09. The van der Waals surface area contributed by atoms with Crippen molar-refractivity contribution in [3.05, 3.63) is 35.4 Å². The molecule has 0 saturated heterocycles. The normalized spacial score (nSPS) is 14.7. The second-order valence-corrected chi connectivity index (χ2v) is 4.24.